The van der Waals surface area contributed by atoms with Gasteiger partial charge in [0.05, 0.1) is 17.7 Å². The summed E-state index contributed by atoms with van der Waals surface area (Å²) in [4.78, 5) is 50.0. The van der Waals surface area contributed by atoms with E-state index in [1.807, 2.05) is 6.07 Å². The molecule has 2 aliphatic heterocycles. The van der Waals surface area contributed by atoms with Crippen molar-refractivity contribution in [1.82, 2.24) is 15.5 Å². The summed E-state index contributed by atoms with van der Waals surface area (Å²) in [7, 11) is 0. The lowest BCUT2D eigenvalue weighted by Gasteiger charge is -2.31. The number of fused-ring (bicyclic) bond motifs is 1. The highest BCUT2D eigenvalue weighted by molar-refractivity contribution is 6.42. The number of rotatable bonds is 5. The normalized spacial score (nSPS) is 20.2. The Balaban J connectivity index is 1.45. The molecule has 0 spiro atoms. The van der Waals surface area contributed by atoms with Crippen molar-refractivity contribution < 1.29 is 24.3 Å². The molecule has 0 radical (unpaired) electrons. The van der Waals surface area contributed by atoms with E-state index in [1.54, 1.807) is 23.1 Å². The van der Waals surface area contributed by atoms with Crippen LogP contribution in [0.2, 0.25) is 0 Å². The molecular formula is C23H20N4O5. The summed E-state index contributed by atoms with van der Waals surface area (Å²) in [6.45, 7) is 0.346. The molecule has 3 N–H and O–H groups in total. The number of Topliss-reactive ketones (excluding diaryl/α,β-unsaturated/α-hetero) is 1. The summed E-state index contributed by atoms with van der Waals surface area (Å²) in [5.41, 5.74) is 2.69. The number of benzene rings is 2. The summed E-state index contributed by atoms with van der Waals surface area (Å²) in [5, 5.41) is 24.5. The number of nitrogens with zero attached hydrogens (tertiary/aromatic N) is 2. The van der Waals surface area contributed by atoms with E-state index in [4.69, 9.17) is 5.26 Å². The summed E-state index contributed by atoms with van der Waals surface area (Å²) < 4.78 is 0. The number of amides is 3. The van der Waals surface area contributed by atoms with Gasteiger partial charge >= 0.3 is 0 Å². The zero-order chi connectivity index (χ0) is 22.8. The zero-order valence-electron chi connectivity index (χ0n) is 17.0. The Bertz CT molecular complexity index is 1150. The van der Waals surface area contributed by atoms with Crippen molar-refractivity contribution in [2.45, 2.75) is 38.2 Å². The second-order valence-electron chi connectivity index (χ2n) is 7.70. The van der Waals surface area contributed by atoms with Crippen LogP contribution >= 0.6 is 0 Å². The molecule has 2 aromatic carbocycles. The molecular weight excluding hydrogens is 412 g/mol. The average Bonchev–Trinajstić information content (AvgIpc) is 3.14. The number of hydrogen-bond donors (Lipinski definition) is 3. The number of carbonyl (C=O) groups is 4. The Morgan fingerprint density at radius 3 is 2.62 bits per heavy atom. The molecule has 2 unspecified atom stereocenters. The van der Waals surface area contributed by atoms with Crippen molar-refractivity contribution in [3.8, 4) is 6.07 Å². The molecule has 0 aliphatic carbocycles. The fourth-order valence-corrected chi connectivity index (χ4v) is 4.06. The van der Waals surface area contributed by atoms with Gasteiger partial charge < -0.3 is 10.4 Å². The minimum absolute atomic E-state index is 0.0694. The number of aliphatic hydroxyl groups is 1. The van der Waals surface area contributed by atoms with E-state index in [9.17, 15) is 24.3 Å². The van der Waals surface area contributed by atoms with Crippen molar-refractivity contribution in [2.75, 3.05) is 0 Å². The smallest absolute Gasteiger partial charge is 0.292 e. The van der Waals surface area contributed by atoms with E-state index >= 15 is 0 Å². The molecule has 162 valence electrons. The predicted molar refractivity (Wildman–Crippen MR) is 110 cm³/mol. The van der Waals surface area contributed by atoms with Gasteiger partial charge in [0.15, 0.2) is 0 Å². The third kappa shape index (κ3) is 4.01. The van der Waals surface area contributed by atoms with Gasteiger partial charge in [-0.2, -0.15) is 5.26 Å². The van der Waals surface area contributed by atoms with Crippen LogP contribution in [-0.4, -0.2) is 39.6 Å². The fourth-order valence-electron chi connectivity index (χ4n) is 4.06. The van der Waals surface area contributed by atoms with Gasteiger partial charge in [-0.1, -0.05) is 18.2 Å². The van der Waals surface area contributed by atoms with Crippen molar-refractivity contribution >= 4 is 23.5 Å². The third-order valence-electron chi connectivity index (χ3n) is 5.77. The Hall–Kier alpha value is -3.87. The summed E-state index contributed by atoms with van der Waals surface area (Å²) in [6, 6.07) is 12.4. The molecule has 9 nitrogen and oxygen atoms in total. The van der Waals surface area contributed by atoms with Crippen LogP contribution in [-0.2, 0) is 27.5 Å². The van der Waals surface area contributed by atoms with Crippen molar-refractivity contribution in [3.63, 3.8) is 0 Å². The van der Waals surface area contributed by atoms with Crippen LogP contribution in [0.5, 0.6) is 0 Å². The molecule has 4 rings (SSSR count). The van der Waals surface area contributed by atoms with E-state index in [0.29, 0.717) is 17.5 Å². The number of imide groups is 1. The lowest BCUT2D eigenvalue weighted by molar-refractivity contribution is -0.141. The van der Waals surface area contributed by atoms with Crippen LogP contribution in [0.4, 0.5) is 0 Å². The molecule has 32 heavy (non-hydrogen) atoms. The maximum absolute atomic E-state index is 12.4. The molecule has 9 heteroatoms. The third-order valence-corrected chi connectivity index (χ3v) is 5.77. The van der Waals surface area contributed by atoms with Gasteiger partial charge in [0, 0.05) is 30.6 Å². The van der Waals surface area contributed by atoms with Crippen LogP contribution in [0.1, 0.15) is 51.7 Å². The van der Waals surface area contributed by atoms with Crippen molar-refractivity contribution in [2.24, 2.45) is 0 Å². The van der Waals surface area contributed by atoms with E-state index in [1.165, 1.54) is 24.3 Å². The number of nitriles is 1. The predicted octanol–water partition coefficient (Wildman–Crippen LogP) is 0.669. The largest absolute Gasteiger partial charge is 0.374 e. The molecule has 0 bridgehead atoms. The van der Waals surface area contributed by atoms with E-state index in [-0.39, 0.29) is 31.0 Å². The molecule has 2 atom stereocenters. The van der Waals surface area contributed by atoms with Gasteiger partial charge in [0.25, 0.3) is 5.91 Å². The number of aliphatic hydroxyl groups excluding tert-OH is 1. The zero-order valence-corrected chi connectivity index (χ0v) is 17.0. The summed E-state index contributed by atoms with van der Waals surface area (Å²) >= 11 is 0. The molecule has 1 saturated heterocycles. The van der Waals surface area contributed by atoms with Crippen LogP contribution < -0.4 is 10.6 Å². The van der Waals surface area contributed by atoms with Crippen LogP contribution in [0.3, 0.4) is 0 Å². The molecule has 0 aromatic heterocycles. The highest BCUT2D eigenvalue weighted by Crippen LogP contribution is 2.36. The van der Waals surface area contributed by atoms with Crippen molar-refractivity contribution in [1.29, 1.82) is 5.26 Å². The van der Waals surface area contributed by atoms with Gasteiger partial charge in [-0.3, -0.25) is 29.4 Å². The lowest BCUT2D eigenvalue weighted by atomic mass is 10.0. The van der Waals surface area contributed by atoms with Gasteiger partial charge in [0.1, 0.15) is 6.23 Å². The number of piperidine rings is 1. The average molecular weight is 432 g/mol. The first-order valence-electron chi connectivity index (χ1n) is 10.1. The Morgan fingerprint density at radius 2 is 1.94 bits per heavy atom. The van der Waals surface area contributed by atoms with Crippen molar-refractivity contribution in [3.05, 3.63) is 70.3 Å². The van der Waals surface area contributed by atoms with Gasteiger partial charge in [0.2, 0.25) is 17.6 Å². The molecule has 1 fully saturated rings. The maximum Gasteiger partial charge on any atom is 0.292 e. The highest BCUT2D eigenvalue weighted by Gasteiger charge is 2.40. The molecule has 2 aromatic rings. The Kier molecular flexibility index (Phi) is 5.81. The summed E-state index contributed by atoms with van der Waals surface area (Å²) in [5.74, 6) is -2.26. The Labute approximate surface area is 183 Å². The minimum Gasteiger partial charge on any atom is -0.374 e. The number of carbonyl (C=O) groups excluding carboxylic acids is 4. The first-order chi connectivity index (χ1) is 15.4. The van der Waals surface area contributed by atoms with Gasteiger partial charge in [-0.25, -0.2) is 0 Å². The fraction of sp³-hybridized carbons (Fsp3) is 0.261. The minimum atomic E-state index is -1.01. The SMILES string of the molecule is N#Cc1ccc(C(=O)C(=O)NCc2cccc3c2CN(C2CCC(=O)NC2=O)C3O)cc1. The van der Waals surface area contributed by atoms with Crippen LogP contribution in [0, 0.1) is 11.3 Å². The number of ketones is 1. The number of nitrogens with one attached hydrogen (secondary N) is 2. The second kappa shape index (κ2) is 8.70. The molecule has 2 heterocycles. The molecule has 0 saturated carbocycles. The van der Waals surface area contributed by atoms with E-state index in [0.717, 1.165) is 11.1 Å². The maximum atomic E-state index is 12.4. The first-order valence-corrected chi connectivity index (χ1v) is 10.1. The molecule has 2 aliphatic rings. The monoisotopic (exact) mass is 432 g/mol. The van der Waals surface area contributed by atoms with E-state index < -0.39 is 29.9 Å². The quantitative estimate of drug-likeness (QED) is 0.358. The highest BCUT2D eigenvalue weighted by atomic mass is 16.3. The molecule has 3 amide bonds. The number of hydrogen-bond acceptors (Lipinski definition) is 7. The van der Waals surface area contributed by atoms with Crippen LogP contribution in [0.15, 0.2) is 42.5 Å². The first kappa shape index (κ1) is 21.4. The Morgan fingerprint density at radius 1 is 1.19 bits per heavy atom. The van der Waals surface area contributed by atoms with Gasteiger partial charge in [-0.15, -0.1) is 0 Å². The van der Waals surface area contributed by atoms with Crippen LogP contribution in [0.25, 0.3) is 0 Å². The second-order valence-corrected chi connectivity index (χ2v) is 7.70. The summed E-state index contributed by atoms with van der Waals surface area (Å²) in [6.07, 6.45) is -0.484. The van der Waals surface area contributed by atoms with Gasteiger partial charge in [-0.05, 0) is 41.8 Å². The van der Waals surface area contributed by atoms with E-state index in [2.05, 4.69) is 10.6 Å². The topological polar surface area (TPSA) is 140 Å². The standard InChI is InChI=1S/C23H20N4O5/c24-10-13-4-6-14(7-5-13)20(29)22(31)25-11-15-2-1-3-16-17(15)12-27(23(16)32)18-8-9-19(28)26-21(18)30/h1-7,18,23,32H,8-9,11-12H2,(H,25,31)(H,26,28,30). The lowest BCUT2D eigenvalue weighted by Crippen LogP contribution is -2.51.